The van der Waals surface area contributed by atoms with Gasteiger partial charge in [0.2, 0.25) is 11.8 Å². The van der Waals surface area contributed by atoms with Gasteiger partial charge in [0.05, 0.1) is 11.8 Å². The molecule has 0 aromatic carbocycles. The fourth-order valence-corrected chi connectivity index (χ4v) is 3.15. The van der Waals surface area contributed by atoms with Crippen LogP contribution in [-0.4, -0.2) is 23.8 Å². The van der Waals surface area contributed by atoms with Crippen molar-refractivity contribution in [2.75, 3.05) is 7.05 Å². The molecule has 0 spiro atoms. The minimum absolute atomic E-state index is 0.00694. The van der Waals surface area contributed by atoms with E-state index in [1.165, 1.54) is 4.90 Å². The smallest absolute Gasteiger partial charge is 0.233 e. The molecule has 2 rings (SSSR count). The van der Waals surface area contributed by atoms with Crippen LogP contribution in [0, 0.1) is 23.7 Å². The molecular formula is C11H17NO2. The van der Waals surface area contributed by atoms with Crippen LogP contribution in [0.1, 0.15) is 26.7 Å². The third kappa shape index (κ3) is 1.04. The van der Waals surface area contributed by atoms with Crippen LogP contribution in [0.15, 0.2) is 0 Å². The third-order valence-corrected chi connectivity index (χ3v) is 3.94. The molecule has 14 heavy (non-hydrogen) atoms. The topological polar surface area (TPSA) is 37.4 Å². The fourth-order valence-electron chi connectivity index (χ4n) is 3.15. The number of hydrogen-bond donors (Lipinski definition) is 0. The van der Waals surface area contributed by atoms with Crippen LogP contribution in [0.5, 0.6) is 0 Å². The van der Waals surface area contributed by atoms with Crippen molar-refractivity contribution in [1.29, 1.82) is 0 Å². The lowest BCUT2D eigenvalue weighted by atomic mass is 9.89. The van der Waals surface area contributed by atoms with Gasteiger partial charge in [0, 0.05) is 7.05 Å². The Balaban J connectivity index is 2.33. The van der Waals surface area contributed by atoms with E-state index < -0.39 is 0 Å². The predicted molar refractivity (Wildman–Crippen MR) is 52.3 cm³/mol. The molecule has 1 aliphatic heterocycles. The molecule has 4 unspecified atom stereocenters. The van der Waals surface area contributed by atoms with Crippen LogP contribution < -0.4 is 0 Å². The average molecular weight is 195 g/mol. The summed E-state index contributed by atoms with van der Waals surface area (Å²) in [5, 5.41) is 0. The molecular weight excluding hydrogens is 178 g/mol. The maximum Gasteiger partial charge on any atom is 0.233 e. The molecule has 4 atom stereocenters. The molecule has 0 aromatic heterocycles. The average Bonchev–Trinajstić information content (AvgIpc) is 2.60. The summed E-state index contributed by atoms with van der Waals surface area (Å²) in [6, 6.07) is 0. The molecule has 2 fully saturated rings. The van der Waals surface area contributed by atoms with Gasteiger partial charge < -0.3 is 0 Å². The molecule has 1 saturated carbocycles. The number of amides is 2. The molecule has 3 heteroatoms. The number of fused-ring (bicyclic) bond motifs is 1. The Labute approximate surface area is 84.5 Å². The molecule has 0 aromatic rings. The van der Waals surface area contributed by atoms with E-state index in [2.05, 4.69) is 13.8 Å². The van der Waals surface area contributed by atoms with Crippen molar-refractivity contribution in [2.45, 2.75) is 26.7 Å². The van der Waals surface area contributed by atoms with Gasteiger partial charge in [-0.2, -0.15) is 0 Å². The SMILES string of the molecule is CCC1CC(C)C2C(=O)N(C)C(=O)C12. The number of carbonyl (C=O) groups excluding carboxylic acids is 2. The summed E-state index contributed by atoms with van der Waals surface area (Å²) in [7, 11) is 1.61. The molecule has 1 aliphatic carbocycles. The van der Waals surface area contributed by atoms with Gasteiger partial charge in [0.1, 0.15) is 0 Å². The van der Waals surface area contributed by atoms with E-state index in [0.717, 1.165) is 12.8 Å². The van der Waals surface area contributed by atoms with E-state index in [9.17, 15) is 9.59 Å². The summed E-state index contributed by atoms with van der Waals surface area (Å²) < 4.78 is 0. The first kappa shape index (κ1) is 9.69. The van der Waals surface area contributed by atoms with Gasteiger partial charge in [-0.05, 0) is 18.3 Å². The van der Waals surface area contributed by atoms with Crippen molar-refractivity contribution < 1.29 is 9.59 Å². The number of likely N-dealkylation sites (tertiary alicyclic amines) is 1. The highest BCUT2D eigenvalue weighted by molar-refractivity contribution is 6.05. The van der Waals surface area contributed by atoms with Gasteiger partial charge >= 0.3 is 0 Å². The van der Waals surface area contributed by atoms with Crippen molar-refractivity contribution in [3.05, 3.63) is 0 Å². The summed E-state index contributed by atoms with van der Waals surface area (Å²) in [5.74, 6) is 0.882. The number of carbonyl (C=O) groups is 2. The summed E-state index contributed by atoms with van der Waals surface area (Å²) in [6.45, 7) is 4.20. The van der Waals surface area contributed by atoms with E-state index in [4.69, 9.17) is 0 Å². The van der Waals surface area contributed by atoms with Gasteiger partial charge in [-0.3, -0.25) is 14.5 Å². The van der Waals surface area contributed by atoms with Crippen LogP contribution in [0.3, 0.4) is 0 Å². The fraction of sp³-hybridized carbons (Fsp3) is 0.818. The molecule has 78 valence electrons. The Morgan fingerprint density at radius 2 is 1.86 bits per heavy atom. The van der Waals surface area contributed by atoms with Gasteiger partial charge in [-0.1, -0.05) is 20.3 Å². The highest BCUT2D eigenvalue weighted by Gasteiger charge is 2.55. The maximum absolute atomic E-state index is 11.8. The first-order valence-electron chi connectivity index (χ1n) is 5.39. The van der Waals surface area contributed by atoms with E-state index in [1.807, 2.05) is 0 Å². The Bertz CT molecular complexity index is 287. The lowest BCUT2D eigenvalue weighted by molar-refractivity contribution is -0.139. The van der Waals surface area contributed by atoms with E-state index in [-0.39, 0.29) is 23.7 Å². The molecule has 2 amide bonds. The Morgan fingerprint density at radius 1 is 1.29 bits per heavy atom. The second-order valence-electron chi connectivity index (χ2n) is 4.67. The summed E-state index contributed by atoms with van der Waals surface area (Å²) >= 11 is 0. The lowest BCUT2D eigenvalue weighted by Crippen LogP contribution is -2.29. The van der Waals surface area contributed by atoms with Crippen LogP contribution in [-0.2, 0) is 9.59 Å². The largest absolute Gasteiger partial charge is 0.285 e. The number of hydrogen-bond acceptors (Lipinski definition) is 2. The summed E-state index contributed by atoms with van der Waals surface area (Å²) in [5.41, 5.74) is 0. The standard InChI is InChI=1S/C11H17NO2/c1-4-7-5-6(2)8-9(7)11(14)12(3)10(8)13/h6-9H,4-5H2,1-3H3. The first-order chi connectivity index (χ1) is 6.57. The lowest BCUT2D eigenvalue weighted by Gasteiger charge is -2.14. The van der Waals surface area contributed by atoms with Crippen LogP contribution in [0.25, 0.3) is 0 Å². The van der Waals surface area contributed by atoms with Crippen molar-refractivity contribution in [3.63, 3.8) is 0 Å². The van der Waals surface area contributed by atoms with Crippen molar-refractivity contribution in [2.24, 2.45) is 23.7 Å². The van der Waals surface area contributed by atoms with Crippen LogP contribution in [0.2, 0.25) is 0 Å². The highest BCUT2D eigenvalue weighted by Crippen LogP contribution is 2.47. The quantitative estimate of drug-likeness (QED) is 0.591. The molecule has 1 heterocycles. The number of imide groups is 1. The van der Waals surface area contributed by atoms with Gasteiger partial charge in [-0.15, -0.1) is 0 Å². The maximum atomic E-state index is 11.8. The minimum Gasteiger partial charge on any atom is -0.285 e. The zero-order chi connectivity index (χ0) is 10.5. The Hall–Kier alpha value is -0.860. The van der Waals surface area contributed by atoms with Crippen molar-refractivity contribution >= 4 is 11.8 Å². The third-order valence-electron chi connectivity index (χ3n) is 3.94. The van der Waals surface area contributed by atoms with Gasteiger partial charge in [0.15, 0.2) is 0 Å². The Morgan fingerprint density at radius 3 is 2.43 bits per heavy atom. The number of rotatable bonds is 1. The molecule has 2 aliphatic rings. The monoisotopic (exact) mass is 195 g/mol. The normalized spacial score (nSPS) is 42.1. The molecule has 0 N–H and O–H groups in total. The molecule has 3 nitrogen and oxygen atoms in total. The molecule has 0 bridgehead atoms. The van der Waals surface area contributed by atoms with E-state index in [1.54, 1.807) is 7.05 Å². The number of nitrogens with zero attached hydrogens (tertiary/aromatic N) is 1. The second kappa shape index (κ2) is 3.07. The molecule has 0 radical (unpaired) electrons. The zero-order valence-corrected chi connectivity index (χ0v) is 8.99. The minimum atomic E-state index is -0.0163. The van der Waals surface area contributed by atoms with Gasteiger partial charge in [0.25, 0.3) is 0 Å². The predicted octanol–water partition coefficient (Wildman–Crippen LogP) is 1.28. The van der Waals surface area contributed by atoms with Crippen LogP contribution >= 0.6 is 0 Å². The second-order valence-corrected chi connectivity index (χ2v) is 4.67. The van der Waals surface area contributed by atoms with Crippen molar-refractivity contribution in [1.82, 2.24) is 4.90 Å². The van der Waals surface area contributed by atoms with E-state index >= 15 is 0 Å². The molecule has 1 saturated heterocycles. The van der Waals surface area contributed by atoms with Gasteiger partial charge in [-0.25, -0.2) is 0 Å². The highest BCUT2D eigenvalue weighted by atomic mass is 16.2. The van der Waals surface area contributed by atoms with E-state index in [0.29, 0.717) is 11.8 Å². The zero-order valence-electron chi connectivity index (χ0n) is 8.99. The van der Waals surface area contributed by atoms with Crippen molar-refractivity contribution in [3.8, 4) is 0 Å². The van der Waals surface area contributed by atoms with Crippen LogP contribution in [0.4, 0.5) is 0 Å². The summed E-state index contributed by atoms with van der Waals surface area (Å²) in [4.78, 5) is 24.9. The summed E-state index contributed by atoms with van der Waals surface area (Å²) in [6.07, 6.45) is 2.05. The Kier molecular flexibility index (Phi) is 2.13. The first-order valence-corrected chi connectivity index (χ1v) is 5.39.